The Kier molecular flexibility index (Phi) is 4.26. The third kappa shape index (κ3) is 2.65. The fourth-order valence-corrected chi connectivity index (χ4v) is 2.75. The van der Waals surface area contributed by atoms with Gasteiger partial charge in [0.05, 0.1) is 23.3 Å². The fourth-order valence-electron chi connectivity index (χ4n) is 2.75. The smallest absolute Gasteiger partial charge is 0.202 e. The molecule has 0 atom stereocenters. The molecule has 130 valence electrons. The van der Waals surface area contributed by atoms with Crippen LogP contribution in [0.3, 0.4) is 0 Å². The number of benzene rings is 1. The van der Waals surface area contributed by atoms with Crippen LogP contribution in [0.2, 0.25) is 0 Å². The summed E-state index contributed by atoms with van der Waals surface area (Å²) in [6, 6.07) is 5.89. The molecule has 8 heteroatoms. The van der Waals surface area contributed by atoms with Crippen LogP contribution in [0.15, 0.2) is 35.6 Å². The molecule has 0 bridgehead atoms. The van der Waals surface area contributed by atoms with Crippen LogP contribution in [0.25, 0.3) is 17.1 Å². The molecule has 3 aromatic rings. The van der Waals surface area contributed by atoms with Gasteiger partial charge in [-0.1, -0.05) is 12.1 Å². The minimum Gasteiger partial charge on any atom is -0.505 e. The lowest BCUT2D eigenvalue weighted by atomic mass is 10.1. The molecule has 25 heavy (non-hydrogen) atoms. The first-order valence-electron chi connectivity index (χ1n) is 7.57. The summed E-state index contributed by atoms with van der Waals surface area (Å²) in [7, 11) is 1.80. The number of phenolic OH excluding ortho intramolecular Hbond substituents is 1. The van der Waals surface area contributed by atoms with E-state index in [0.717, 1.165) is 6.07 Å². The molecule has 0 spiro atoms. The highest BCUT2D eigenvalue weighted by atomic mass is 19.2. The first-order chi connectivity index (χ1) is 12.0. The normalized spacial score (nSPS) is 11.5. The molecule has 0 saturated heterocycles. The van der Waals surface area contributed by atoms with Gasteiger partial charge in [0.25, 0.3) is 0 Å². The zero-order chi connectivity index (χ0) is 18.1. The summed E-state index contributed by atoms with van der Waals surface area (Å²) in [5, 5.41) is 25.8. The lowest BCUT2D eigenvalue weighted by Gasteiger charge is -2.11. The first-order valence-corrected chi connectivity index (χ1v) is 7.57. The highest BCUT2D eigenvalue weighted by Gasteiger charge is 2.24. The quantitative estimate of drug-likeness (QED) is 0.433. The third-order valence-electron chi connectivity index (χ3n) is 3.98. The van der Waals surface area contributed by atoms with Crippen molar-refractivity contribution in [3.8, 4) is 22.8 Å². The van der Waals surface area contributed by atoms with E-state index < -0.39 is 17.4 Å². The van der Waals surface area contributed by atoms with Gasteiger partial charge in [0.1, 0.15) is 5.69 Å². The van der Waals surface area contributed by atoms with E-state index in [4.69, 9.17) is 5.21 Å². The Bertz CT molecular complexity index is 960. The fraction of sp³-hybridized carbons (Fsp3) is 0.176. The summed E-state index contributed by atoms with van der Waals surface area (Å²) >= 11 is 0. The molecule has 1 aromatic carbocycles. The van der Waals surface area contributed by atoms with E-state index in [1.54, 1.807) is 29.9 Å². The van der Waals surface area contributed by atoms with E-state index in [-0.39, 0.29) is 5.69 Å². The van der Waals surface area contributed by atoms with Crippen LogP contribution in [0, 0.1) is 11.6 Å². The molecule has 0 aliphatic carbocycles. The zero-order valence-corrected chi connectivity index (χ0v) is 13.6. The predicted octanol–water partition coefficient (Wildman–Crippen LogP) is 3.23. The molecule has 2 heterocycles. The Balaban J connectivity index is 2.38. The largest absolute Gasteiger partial charge is 0.505 e. The minimum absolute atomic E-state index is 0.154. The lowest BCUT2D eigenvalue weighted by molar-refractivity contribution is 0.322. The standard InChI is InChI=1S/C17H16F2N4O2/c1-3-11-10(9-20-25)17(13-5-4-8-22(13)2)23(21-11)12-6-7-14(24)16(19)15(12)18/h4-9,24-25H,3H2,1-2H3. The van der Waals surface area contributed by atoms with Crippen molar-refractivity contribution in [2.75, 3.05) is 0 Å². The Morgan fingerprint density at radius 2 is 2.00 bits per heavy atom. The van der Waals surface area contributed by atoms with Crippen molar-refractivity contribution in [1.82, 2.24) is 14.3 Å². The monoisotopic (exact) mass is 346 g/mol. The molecule has 0 aliphatic heterocycles. The molecule has 6 nitrogen and oxygen atoms in total. The summed E-state index contributed by atoms with van der Waals surface area (Å²) in [4.78, 5) is 0. The number of nitrogens with zero attached hydrogens (tertiary/aromatic N) is 4. The van der Waals surface area contributed by atoms with Crippen LogP contribution < -0.4 is 0 Å². The molecule has 3 rings (SSSR count). The number of oxime groups is 1. The number of aromatic hydroxyl groups is 1. The zero-order valence-electron chi connectivity index (χ0n) is 13.6. The second-order valence-electron chi connectivity index (χ2n) is 5.46. The molecule has 2 aromatic heterocycles. The van der Waals surface area contributed by atoms with E-state index in [1.165, 1.54) is 17.0 Å². The number of aromatic nitrogens is 3. The van der Waals surface area contributed by atoms with Gasteiger partial charge in [-0.15, -0.1) is 0 Å². The predicted molar refractivity (Wildman–Crippen MR) is 88.3 cm³/mol. The maximum atomic E-state index is 14.4. The summed E-state index contributed by atoms with van der Waals surface area (Å²) in [6.07, 6.45) is 3.51. The van der Waals surface area contributed by atoms with Crippen LogP contribution >= 0.6 is 0 Å². The maximum absolute atomic E-state index is 14.4. The van der Waals surface area contributed by atoms with E-state index in [9.17, 15) is 13.9 Å². The molecule has 0 radical (unpaired) electrons. The number of aryl methyl sites for hydroxylation is 2. The number of hydrogen-bond acceptors (Lipinski definition) is 4. The number of halogens is 2. The molecule has 0 aliphatic rings. The summed E-state index contributed by atoms with van der Waals surface area (Å²) in [6.45, 7) is 1.85. The average Bonchev–Trinajstić information content (AvgIpc) is 3.16. The third-order valence-corrected chi connectivity index (χ3v) is 3.98. The molecule has 0 saturated carbocycles. The molecule has 0 fully saturated rings. The lowest BCUT2D eigenvalue weighted by Crippen LogP contribution is -2.06. The van der Waals surface area contributed by atoms with E-state index >= 15 is 0 Å². The maximum Gasteiger partial charge on any atom is 0.202 e. The molecule has 0 amide bonds. The van der Waals surface area contributed by atoms with Gasteiger partial charge in [0, 0.05) is 18.8 Å². The van der Waals surface area contributed by atoms with Gasteiger partial charge in [0.2, 0.25) is 5.82 Å². The van der Waals surface area contributed by atoms with Crippen LogP contribution in [0.4, 0.5) is 8.78 Å². The van der Waals surface area contributed by atoms with Crippen molar-refractivity contribution >= 4 is 6.21 Å². The average molecular weight is 346 g/mol. The van der Waals surface area contributed by atoms with Crippen LogP contribution in [0.1, 0.15) is 18.2 Å². The van der Waals surface area contributed by atoms with Gasteiger partial charge >= 0.3 is 0 Å². The molecular weight excluding hydrogens is 330 g/mol. The Morgan fingerprint density at radius 1 is 1.24 bits per heavy atom. The van der Waals surface area contributed by atoms with Crippen molar-refractivity contribution < 1.29 is 19.1 Å². The van der Waals surface area contributed by atoms with Crippen LogP contribution in [-0.2, 0) is 13.5 Å². The SMILES string of the molecule is CCc1nn(-c2ccc(O)c(F)c2F)c(-c2cccn2C)c1C=NO. The number of phenols is 1. The Morgan fingerprint density at radius 3 is 2.60 bits per heavy atom. The highest BCUT2D eigenvalue weighted by molar-refractivity contribution is 5.90. The molecule has 2 N–H and O–H groups in total. The second-order valence-corrected chi connectivity index (χ2v) is 5.46. The summed E-state index contributed by atoms with van der Waals surface area (Å²) < 4.78 is 31.3. The summed E-state index contributed by atoms with van der Waals surface area (Å²) in [5.41, 5.74) is 2.03. The van der Waals surface area contributed by atoms with Gasteiger partial charge in [-0.05, 0) is 30.7 Å². The van der Waals surface area contributed by atoms with Gasteiger partial charge in [0.15, 0.2) is 11.6 Å². The molecule has 0 unspecified atom stereocenters. The summed E-state index contributed by atoms with van der Waals surface area (Å²) in [5.74, 6) is -3.34. The van der Waals surface area contributed by atoms with Crippen molar-refractivity contribution in [2.45, 2.75) is 13.3 Å². The van der Waals surface area contributed by atoms with Crippen LogP contribution in [-0.4, -0.2) is 30.9 Å². The van der Waals surface area contributed by atoms with Crippen molar-refractivity contribution in [2.24, 2.45) is 12.2 Å². The van der Waals surface area contributed by atoms with Gasteiger partial charge in [-0.3, -0.25) is 0 Å². The topological polar surface area (TPSA) is 75.6 Å². The van der Waals surface area contributed by atoms with E-state index in [1.807, 2.05) is 6.92 Å². The van der Waals surface area contributed by atoms with Crippen molar-refractivity contribution in [3.63, 3.8) is 0 Å². The van der Waals surface area contributed by atoms with Crippen molar-refractivity contribution in [1.29, 1.82) is 0 Å². The van der Waals surface area contributed by atoms with E-state index in [0.29, 0.717) is 29.1 Å². The Labute approximate surface area is 142 Å². The first kappa shape index (κ1) is 16.7. The number of rotatable bonds is 4. The molecular formula is C17H16F2N4O2. The second kappa shape index (κ2) is 6.39. The Hall–Kier alpha value is -3.16. The van der Waals surface area contributed by atoms with Gasteiger partial charge < -0.3 is 14.9 Å². The minimum atomic E-state index is -1.35. The van der Waals surface area contributed by atoms with E-state index in [2.05, 4.69) is 10.3 Å². The van der Waals surface area contributed by atoms with Gasteiger partial charge in [-0.2, -0.15) is 9.49 Å². The highest BCUT2D eigenvalue weighted by Crippen LogP contribution is 2.31. The number of hydrogen-bond donors (Lipinski definition) is 2. The van der Waals surface area contributed by atoms with Gasteiger partial charge in [-0.25, -0.2) is 9.07 Å². The van der Waals surface area contributed by atoms with Crippen molar-refractivity contribution in [3.05, 3.63) is 53.4 Å². The van der Waals surface area contributed by atoms with Crippen LogP contribution in [0.5, 0.6) is 5.75 Å².